The number of carbonyl (C=O) groups excluding carboxylic acids is 1. The Labute approximate surface area is 210 Å². The summed E-state index contributed by atoms with van der Waals surface area (Å²) in [6.45, 7) is 22.2. The second-order valence-electron chi connectivity index (χ2n) is 15.4. The van der Waals surface area contributed by atoms with E-state index in [-0.39, 0.29) is 22.9 Å². The van der Waals surface area contributed by atoms with E-state index in [0.717, 1.165) is 12.3 Å². The molecule has 7 unspecified atom stereocenters. The summed E-state index contributed by atoms with van der Waals surface area (Å²) in [4.78, 5) is 11.9. The van der Waals surface area contributed by atoms with Crippen LogP contribution in [0.25, 0.3) is 0 Å². The average molecular weight is 469 g/mol. The molecule has 0 bridgehead atoms. The van der Waals surface area contributed by atoms with Gasteiger partial charge in [0.25, 0.3) is 0 Å². The molecule has 0 N–H and O–H groups in total. The molecule has 3 fully saturated rings. The van der Waals surface area contributed by atoms with E-state index in [1.807, 2.05) is 11.1 Å². The second-order valence-corrected chi connectivity index (χ2v) is 15.4. The van der Waals surface area contributed by atoms with E-state index in [1.54, 1.807) is 6.92 Å². The molecule has 0 aliphatic heterocycles. The molecule has 5 rings (SSSR count). The summed E-state index contributed by atoms with van der Waals surface area (Å²) in [7, 11) is 0. The van der Waals surface area contributed by atoms with Gasteiger partial charge in [-0.2, -0.15) is 0 Å². The lowest BCUT2D eigenvalue weighted by Crippen LogP contribution is -2.62. The first-order valence-electron chi connectivity index (χ1n) is 14.5. The molecule has 0 saturated heterocycles. The molecule has 0 heterocycles. The number of rotatable bonds is 1. The largest absolute Gasteiger partial charge is 0.462 e. The molecule has 2 heteroatoms. The van der Waals surface area contributed by atoms with Gasteiger partial charge in [-0.3, -0.25) is 4.79 Å². The number of hydrogen-bond donors (Lipinski definition) is 0. The van der Waals surface area contributed by atoms with E-state index >= 15 is 0 Å². The van der Waals surface area contributed by atoms with E-state index in [4.69, 9.17) is 4.74 Å². The minimum absolute atomic E-state index is 0.0391. The van der Waals surface area contributed by atoms with Gasteiger partial charge in [0.2, 0.25) is 0 Å². The van der Waals surface area contributed by atoms with Crippen molar-refractivity contribution in [1.82, 2.24) is 0 Å². The summed E-state index contributed by atoms with van der Waals surface area (Å²) in [5, 5.41) is 0. The highest BCUT2D eigenvalue weighted by atomic mass is 16.5. The van der Waals surface area contributed by atoms with Crippen molar-refractivity contribution in [3.8, 4) is 0 Å². The number of fused-ring (bicyclic) bond motifs is 6. The van der Waals surface area contributed by atoms with E-state index < -0.39 is 0 Å². The number of carbonyl (C=O) groups is 1. The van der Waals surface area contributed by atoms with Gasteiger partial charge in [-0.05, 0) is 103 Å². The SMILES string of the molecule is CC(=O)OC1CCC2(C)C3=C(CCC2C1(C)C)C1(C)CCC2(C)C(CCCC2(C)C)C1(C)CC3. The maximum Gasteiger partial charge on any atom is 0.302 e. The monoisotopic (exact) mass is 468 g/mol. The zero-order valence-corrected chi connectivity index (χ0v) is 23.8. The van der Waals surface area contributed by atoms with Gasteiger partial charge >= 0.3 is 5.97 Å². The quantitative estimate of drug-likeness (QED) is 0.284. The minimum Gasteiger partial charge on any atom is -0.462 e. The van der Waals surface area contributed by atoms with Gasteiger partial charge in [0.1, 0.15) is 6.10 Å². The van der Waals surface area contributed by atoms with Crippen LogP contribution in [-0.4, -0.2) is 12.1 Å². The van der Waals surface area contributed by atoms with Crippen molar-refractivity contribution in [2.45, 2.75) is 139 Å². The molecule has 0 radical (unpaired) electrons. The smallest absolute Gasteiger partial charge is 0.302 e. The molecular formula is C32H52O2. The van der Waals surface area contributed by atoms with Crippen LogP contribution < -0.4 is 0 Å². The fourth-order valence-corrected chi connectivity index (χ4v) is 11.2. The highest BCUT2D eigenvalue weighted by Gasteiger charge is 2.67. The number of hydrogen-bond acceptors (Lipinski definition) is 2. The Kier molecular flexibility index (Phi) is 5.40. The van der Waals surface area contributed by atoms with Crippen LogP contribution in [0.1, 0.15) is 133 Å². The van der Waals surface area contributed by atoms with Gasteiger partial charge in [0.15, 0.2) is 0 Å². The Hall–Kier alpha value is -0.790. The fraction of sp³-hybridized carbons (Fsp3) is 0.906. The maximum atomic E-state index is 11.9. The zero-order valence-electron chi connectivity index (χ0n) is 23.8. The first-order chi connectivity index (χ1) is 15.6. The predicted octanol–water partition coefficient (Wildman–Crippen LogP) is 8.88. The molecule has 0 spiro atoms. The van der Waals surface area contributed by atoms with Gasteiger partial charge in [0.05, 0.1) is 0 Å². The van der Waals surface area contributed by atoms with E-state index in [0.29, 0.717) is 27.6 Å². The zero-order chi connectivity index (χ0) is 24.9. The van der Waals surface area contributed by atoms with E-state index in [9.17, 15) is 4.79 Å². The summed E-state index contributed by atoms with van der Waals surface area (Å²) in [5.41, 5.74) is 5.74. The number of ether oxygens (including phenoxy) is 1. The molecule has 0 aromatic carbocycles. The molecule has 3 saturated carbocycles. The summed E-state index contributed by atoms with van der Waals surface area (Å²) in [5.74, 6) is 1.34. The van der Waals surface area contributed by atoms with Crippen LogP contribution in [0, 0.1) is 44.3 Å². The maximum absolute atomic E-state index is 11.9. The molecular weight excluding hydrogens is 416 g/mol. The van der Waals surface area contributed by atoms with Crippen molar-refractivity contribution in [3.63, 3.8) is 0 Å². The standard InChI is InChI=1S/C32H52O2/c1-21(33)34-26-15-17-29(6)22-14-18-32(9)25-11-10-16-27(2,3)31(25,8)20-19-30(32,7)23(22)12-13-24(29)28(26,4)5/h24-26H,10-20H2,1-9H3. The summed E-state index contributed by atoms with van der Waals surface area (Å²) < 4.78 is 5.89. The topological polar surface area (TPSA) is 26.3 Å². The van der Waals surface area contributed by atoms with Crippen LogP contribution in [0.3, 0.4) is 0 Å². The molecule has 0 amide bonds. The molecule has 34 heavy (non-hydrogen) atoms. The van der Waals surface area contributed by atoms with Crippen molar-refractivity contribution in [2.75, 3.05) is 0 Å². The number of allylic oxidation sites excluding steroid dienone is 2. The average Bonchev–Trinajstić information content (AvgIpc) is 2.73. The van der Waals surface area contributed by atoms with Crippen molar-refractivity contribution in [3.05, 3.63) is 11.1 Å². The van der Waals surface area contributed by atoms with Crippen LogP contribution in [-0.2, 0) is 9.53 Å². The van der Waals surface area contributed by atoms with Crippen molar-refractivity contribution >= 4 is 5.97 Å². The van der Waals surface area contributed by atoms with Gasteiger partial charge in [-0.1, -0.05) is 73.0 Å². The molecule has 5 aliphatic carbocycles. The minimum atomic E-state index is -0.112. The molecule has 0 aromatic heterocycles. The predicted molar refractivity (Wildman–Crippen MR) is 140 cm³/mol. The van der Waals surface area contributed by atoms with E-state index in [2.05, 4.69) is 55.4 Å². The Balaban J connectivity index is 1.55. The highest BCUT2D eigenvalue weighted by molar-refractivity contribution is 5.66. The second kappa shape index (κ2) is 7.38. The molecule has 0 aromatic rings. The fourth-order valence-electron chi connectivity index (χ4n) is 11.2. The van der Waals surface area contributed by atoms with Crippen LogP contribution in [0.5, 0.6) is 0 Å². The molecule has 2 nitrogen and oxygen atoms in total. The highest BCUT2D eigenvalue weighted by Crippen LogP contribution is 2.76. The number of esters is 1. The molecule has 5 aliphatic rings. The molecule has 7 atom stereocenters. The van der Waals surface area contributed by atoms with Gasteiger partial charge in [0, 0.05) is 12.3 Å². The van der Waals surface area contributed by atoms with E-state index in [1.165, 1.54) is 64.2 Å². The van der Waals surface area contributed by atoms with Crippen LogP contribution in [0.2, 0.25) is 0 Å². The lowest BCUT2D eigenvalue weighted by molar-refractivity contribution is -0.182. The summed E-state index contributed by atoms with van der Waals surface area (Å²) >= 11 is 0. The normalized spacial score (nSPS) is 49.3. The summed E-state index contributed by atoms with van der Waals surface area (Å²) in [6, 6.07) is 0. The Morgan fingerprint density at radius 2 is 1.44 bits per heavy atom. The third-order valence-electron chi connectivity index (χ3n) is 13.8. The first kappa shape index (κ1) is 24.9. The Morgan fingerprint density at radius 1 is 0.735 bits per heavy atom. The van der Waals surface area contributed by atoms with Crippen LogP contribution in [0.15, 0.2) is 11.1 Å². The van der Waals surface area contributed by atoms with Gasteiger partial charge in [-0.15, -0.1) is 0 Å². The van der Waals surface area contributed by atoms with Crippen LogP contribution in [0.4, 0.5) is 0 Å². The van der Waals surface area contributed by atoms with Gasteiger partial charge in [-0.25, -0.2) is 0 Å². The first-order valence-corrected chi connectivity index (χ1v) is 14.5. The van der Waals surface area contributed by atoms with Crippen molar-refractivity contribution in [2.24, 2.45) is 44.3 Å². The van der Waals surface area contributed by atoms with Crippen molar-refractivity contribution < 1.29 is 9.53 Å². The summed E-state index contributed by atoms with van der Waals surface area (Å²) in [6.07, 6.45) is 14.5. The van der Waals surface area contributed by atoms with Gasteiger partial charge < -0.3 is 4.74 Å². The lowest BCUT2D eigenvalue weighted by Gasteiger charge is -2.71. The van der Waals surface area contributed by atoms with Crippen LogP contribution >= 0.6 is 0 Å². The third kappa shape index (κ3) is 2.95. The molecule has 192 valence electrons. The Bertz CT molecular complexity index is 910. The lowest BCUT2D eigenvalue weighted by atomic mass is 9.34. The third-order valence-corrected chi connectivity index (χ3v) is 13.8. The van der Waals surface area contributed by atoms with Crippen molar-refractivity contribution in [1.29, 1.82) is 0 Å². The Morgan fingerprint density at radius 3 is 2.12 bits per heavy atom.